The first-order chi connectivity index (χ1) is 11.5. The van der Waals surface area contributed by atoms with E-state index >= 15 is 0 Å². The molecule has 1 fully saturated rings. The van der Waals surface area contributed by atoms with Gasteiger partial charge in [-0.25, -0.2) is 0 Å². The highest BCUT2D eigenvalue weighted by atomic mass is 32.1. The van der Waals surface area contributed by atoms with Gasteiger partial charge in [0.25, 0.3) is 0 Å². The molecule has 1 aliphatic heterocycles. The molecule has 140 valence electrons. The van der Waals surface area contributed by atoms with E-state index in [1.165, 1.54) is 6.42 Å². The number of aryl methyl sites for hydroxylation is 1. The Balaban J connectivity index is 2.06. The first-order valence-electron chi connectivity index (χ1n) is 9.35. The summed E-state index contributed by atoms with van der Waals surface area (Å²) >= 11 is 5.79. The molecule has 2 heterocycles. The third-order valence-corrected chi connectivity index (χ3v) is 11.2. The molecule has 2 rings (SSSR count). The Labute approximate surface area is 160 Å². The van der Waals surface area contributed by atoms with Crippen LogP contribution in [0, 0.1) is 12.8 Å². The first-order valence-corrected chi connectivity index (χ1v) is 12.7. The van der Waals surface area contributed by atoms with Gasteiger partial charge in [-0.1, -0.05) is 46.0 Å². The van der Waals surface area contributed by atoms with Gasteiger partial charge in [0.1, 0.15) is 0 Å². The van der Waals surface area contributed by atoms with E-state index in [1.54, 1.807) is 0 Å². The SMILES string of the molecule is Cc1cccnc1C(=S)[C@H](C)C1CCN1[C@@H](C)O[Si](C)(C)C(C)(C)C. The molecule has 3 atom stereocenters. The Morgan fingerprint density at radius 3 is 2.48 bits per heavy atom. The number of pyridine rings is 1. The summed E-state index contributed by atoms with van der Waals surface area (Å²) in [6.07, 6.45) is 3.16. The molecule has 1 aliphatic rings. The van der Waals surface area contributed by atoms with Gasteiger partial charge in [-0.05, 0) is 50.0 Å². The normalized spacial score (nSPS) is 21.5. The van der Waals surface area contributed by atoms with Crippen molar-refractivity contribution in [3.8, 4) is 0 Å². The van der Waals surface area contributed by atoms with Crippen LogP contribution in [-0.2, 0) is 4.43 Å². The first kappa shape index (κ1) is 20.7. The van der Waals surface area contributed by atoms with Crippen molar-refractivity contribution >= 4 is 25.4 Å². The Kier molecular flexibility index (Phi) is 6.25. The summed E-state index contributed by atoms with van der Waals surface area (Å²) in [5.74, 6) is 0.308. The van der Waals surface area contributed by atoms with Crippen LogP contribution in [0.1, 0.15) is 52.3 Å². The second-order valence-corrected chi connectivity index (χ2v) is 14.1. The fourth-order valence-corrected chi connectivity index (χ4v) is 4.93. The molecular formula is C20H34N2OSSi. The van der Waals surface area contributed by atoms with Crippen molar-refractivity contribution in [3.05, 3.63) is 29.6 Å². The minimum atomic E-state index is -1.76. The van der Waals surface area contributed by atoms with E-state index in [0.717, 1.165) is 22.7 Å². The number of thiocarbonyl (C=S) groups is 1. The van der Waals surface area contributed by atoms with Crippen molar-refractivity contribution in [1.82, 2.24) is 9.88 Å². The molecule has 0 amide bonds. The summed E-state index contributed by atoms with van der Waals surface area (Å²) in [6, 6.07) is 4.51. The minimum absolute atomic E-state index is 0.148. The maximum atomic E-state index is 6.60. The molecule has 5 heteroatoms. The summed E-state index contributed by atoms with van der Waals surface area (Å²) in [7, 11) is -1.76. The molecule has 0 spiro atoms. The van der Waals surface area contributed by atoms with Gasteiger partial charge in [-0.15, -0.1) is 0 Å². The summed E-state index contributed by atoms with van der Waals surface area (Å²) < 4.78 is 6.60. The van der Waals surface area contributed by atoms with Crippen LogP contribution in [-0.4, -0.2) is 41.9 Å². The lowest BCUT2D eigenvalue weighted by Gasteiger charge is -2.50. The summed E-state index contributed by atoms with van der Waals surface area (Å²) in [5.41, 5.74) is 2.14. The van der Waals surface area contributed by atoms with E-state index in [9.17, 15) is 0 Å². The Morgan fingerprint density at radius 2 is 2.00 bits per heavy atom. The minimum Gasteiger partial charge on any atom is -0.402 e. The maximum absolute atomic E-state index is 6.60. The van der Waals surface area contributed by atoms with Gasteiger partial charge in [0.2, 0.25) is 0 Å². The average Bonchev–Trinajstić information content (AvgIpc) is 2.43. The fraction of sp³-hybridized carbons (Fsp3) is 0.700. The van der Waals surface area contributed by atoms with Crippen molar-refractivity contribution in [2.24, 2.45) is 5.92 Å². The Bertz CT molecular complexity index is 626. The lowest BCUT2D eigenvalue weighted by atomic mass is 9.86. The van der Waals surface area contributed by atoms with Crippen molar-refractivity contribution in [2.45, 2.75) is 78.4 Å². The van der Waals surface area contributed by atoms with Crippen LogP contribution in [0.2, 0.25) is 18.1 Å². The Hall–Kier alpha value is -0.623. The number of hydrogen-bond donors (Lipinski definition) is 0. The van der Waals surface area contributed by atoms with Gasteiger partial charge in [0.15, 0.2) is 8.32 Å². The highest BCUT2D eigenvalue weighted by Gasteiger charge is 2.43. The number of aromatic nitrogens is 1. The molecule has 1 saturated heterocycles. The second-order valence-electron chi connectivity index (χ2n) is 8.89. The zero-order chi connectivity index (χ0) is 19.0. The van der Waals surface area contributed by atoms with Crippen LogP contribution in [0.25, 0.3) is 0 Å². The molecule has 0 saturated carbocycles. The maximum Gasteiger partial charge on any atom is 0.194 e. The largest absolute Gasteiger partial charge is 0.402 e. The second kappa shape index (κ2) is 7.55. The fourth-order valence-electron chi connectivity index (χ4n) is 3.22. The van der Waals surface area contributed by atoms with Crippen LogP contribution in [0.15, 0.2) is 18.3 Å². The molecule has 0 aromatic carbocycles. The number of rotatable bonds is 6. The van der Waals surface area contributed by atoms with Gasteiger partial charge >= 0.3 is 0 Å². The molecule has 0 N–H and O–H groups in total. The summed E-state index contributed by atoms with van der Waals surface area (Å²) in [6.45, 7) is 19.1. The number of likely N-dealkylation sites (tertiary alicyclic amines) is 1. The molecule has 0 aliphatic carbocycles. The van der Waals surface area contributed by atoms with E-state index in [2.05, 4.69) is 70.6 Å². The van der Waals surface area contributed by atoms with Crippen molar-refractivity contribution in [3.63, 3.8) is 0 Å². The van der Waals surface area contributed by atoms with E-state index in [0.29, 0.717) is 12.0 Å². The lowest BCUT2D eigenvalue weighted by molar-refractivity contribution is -0.0644. The van der Waals surface area contributed by atoms with Crippen LogP contribution in [0.5, 0.6) is 0 Å². The van der Waals surface area contributed by atoms with Gasteiger partial charge in [-0.3, -0.25) is 9.88 Å². The van der Waals surface area contributed by atoms with E-state index in [-0.39, 0.29) is 11.3 Å². The third-order valence-electron chi connectivity index (χ3n) is 6.08. The van der Waals surface area contributed by atoms with Gasteiger partial charge in [-0.2, -0.15) is 0 Å². The van der Waals surface area contributed by atoms with Gasteiger partial charge in [0.05, 0.1) is 11.9 Å². The Morgan fingerprint density at radius 1 is 1.36 bits per heavy atom. The van der Waals surface area contributed by atoms with Gasteiger partial charge < -0.3 is 4.43 Å². The van der Waals surface area contributed by atoms with Gasteiger partial charge in [0, 0.05) is 29.6 Å². The van der Waals surface area contributed by atoms with Crippen molar-refractivity contribution in [2.75, 3.05) is 6.54 Å². The zero-order valence-electron chi connectivity index (χ0n) is 17.1. The van der Waals surface area contributed by atoms with Crippen LogP contribution >= 0.6 is 12.2 Å². The molecule has 0 bridgehead atoms. The molecule has 25 heavy (non-hydrogen) atoms. The topological polar surface area (TPSA) is 25.4 Å². The van der Waals surface area contributed by atoms with E-state index in [1.807, 2.05) is 12.3 Å². The monoisotopic (exact) mass is 378 g/mol. The predicted octanol–water partition coefficient (Wildman–Crippen LogP) is 5.19. The summed E-state index contributed by atoms with van der Waals surface area (Å²) in [4.78, 5) is 7.98. The number of hydrogen-bond acceptors (Lipinski definition) is 4. The number of nitrogens with zero attached hydrogens (tertiary/aromatic N) is 2. The van der Waals surface area contributed by atoms with Crippen LogP contribution in [0.3, 0.4) is 0 Å². The zero-order valence-corrected chi connectivity index (χ0v) is 18.9. The van der Waals surface area contributed by atoms with E-state index < -0.39 is 8.32 Å². The standard InChI is InChI=1S/C20H34N2OSSi/c1-14-10-9-12-21-18(14)19(24)15(2)17-11-13-22(17)16(3)23-25(7,8)20(4,5)6/h9-10,12,15-17H,11,13H2,1-8H3/t15-,16-,17?/m1/s1. The van der Waals surface area contributed by atoms with Crippen molar-refractivity contribution in [1.29, 1.82) is 0 Å². The quantitative estimate of drug-likeness (QED) is 0.386. The van der Waals surface area contributed by atoms with Crippen molar-refractivity contribution < 1.29 is 4.43 Å². The van der Waals surface area contributed by atoms with Crippen LogP contribution < -0.4 is 0 Å². The smallest absolute Gasteiger partial charge is 0.194 e. The summed E-state index contributed by atoms with van der Waals surface area (Å²) in [5, 5.41) is 0.230. The molecule has 1 unspecified atom stereocenters. The highest BCUT2D eigenvalue weighted by Crippen LogP contribution is 2.39. The molecule has 1 aromatic heterocycles. The average molecular weight is 379 g/mol. The molecule has 0 radical (unpaired) electrons. The molecular weight excluding hydrogens is 344 g/mol. The third kappa shape index (κ3) is 4.38. The molecule has 1 aromatic rings. The highest BCUT2D eigenvalue weighted by molar-refractivity contribution is 7.80. The van der Waals surface area contributed by atoms with Crippen LogP contribution in [0.4, 0.5) is 0 Å². The van der Waals surface area contributed by atoms with E-state index in [4.69, 9.17) is 16.6 Å². The predicted molar refractivity (Wildman–Crippen MR) is 113 cm³/mol. The lowest BCUT2D eigenvalue weighted by Crippen LogP contribution is -2.59. The molecule has 3 nitrogen and oxygen atoms in total.